The molecule has 0 saturated heterocycles. The van der Waals surface area contributed by atoms with Crippen LogP contribution in [0.2, 0.25) is 0 Å². The Kier molecular flexibility index (Phi) is 3.14. The van der Waals surface area contributed by atoms with Crippen LogP contribution in [0.3, 0.4) is 0 Å². The first-order valence-electron chi connectivity index (χ1n) is 2.35. The maximum Gasteiger partial charge on any atom is 0.0582 e. The van der Waals surface area contributed by atoms with E-state index >= 15 is 0 Å². The van der Waals surface area contributed by atoms with Gasteiger partial charge in [-0.2, -0.15) is 0 Å². The predicted octanol–water partition coefficient (Wildman–Crippen LogP) is -2.59. The monoisotopic (exact) mass is 117 g/mol. The molecule has 0 aliphatic heterocycles. The van der Waals surface area contributed by atoms with E-state index < -0.39 is 12.0 Å². The van der Waals surface area contributed by atoms with Gasteiger partial charge < -0.3 is 21.4 Å². The van der Waals surface area contributed by atoms with Crippen molar-refractivity contribution in [1.29, 1.82) is 0 Å². The first-order valence-corrected chi connectivity index (χ1v) is 2.35. The summed E-state index contributed by atoms with van der Waals surface area (Å²) >= 11 is 0. The third-order valence-corrected chi connectivity index (χ3v) is 0.780. The molecule has 0 aromatic heterocycles. The highest BCUT2D eigenvalue weighted by atomic mass is 16.4. The van der Waals surface area contributed by atoms with E-state index in [-0.39, 0.29) is 13.0 Å². The summed E-state index contributed by atoms with van der Waals surface area (Å²) in [6, 6.07) is -0.903. The summed E-state index contributed by atoms with van der Waals surface area (Å²) in [5.74, 6) is -1.24. The van der Waals surface area contributed by atoms with Gasteiger partial charge in [0.1, 0.15) is 0 Å². The van der Waals surface area contributed by atoms with Crippen molar-refractivity contribution >= 4 is 5.97 Å². The van der Waals surface area contributed by atoms with Gasteiger partial charge >= 0.3 is 0 Å². The number of hydrogen-bond acceptors (Lipinski definition) is 4. The van der Waals surface area contributed by atoms with Crippen LogP contribution < -0.4 is 16.6 Å². The molecule has 48 valence electrons. The molecule has 4 N–H and O–H groups in total. The second-order valence-corrected chi connectivity index (χ2v) is 1.50. The maximum atomic E-state index is 9.80. The van der Waals surface area contributed by atoms with Gasteiger partial charge in [0.15, 0.2) is 0 Å². The lowest BCUT2D eigenvalue weighted by Gasteiger charge is -2.09. The first-order chi connectivity index (χ1) is 3.68. The lowest BCUT2D eigenvalue weighted by Crippen LogP contribution is -2.42. The Balaban J connectivity index is 3.32. The second-order valence-electron chi connectivity index (χ2n) is 1.50. The van der Waals surface area contributed by atoms with Gasteiger partial charge in [-0.25, -0.2) is 0 Å². The van der Waals surface area contributed by atoms with Gasteiger partial charge in [0.25, 0.3) is 0 Å². The molecular formula is C4H9N2O2-. The third-order valence-electron chi connectivity index (χ3n) is 0.780. The molecule has 0 amide bonds. The van der Waals surface area contributed by atoms with Crippen molar-refractivity contribution in [1.82, 2.24) is 0 Å². The van der Waals surface area contributed by atoms with Gasteiger partial charge in [-0.05, 0) is 13.0 Å². The molecule has 0 rings (SSSR count). The van der Waals surface area contributed by atoms with Crippen molar-refractivity contribution in [3.63, 3.8) is 0 Å². The van der Waals surface area contributed by atoms with Crippen molar-refractivity contribution in [3.05, 3.63) is 0 Å². The van der Waals surface area contributed by atoms with E-state index in [0.29, 0.717) is 0 Å². The summed E-state index contributed by atoms with van der Waals surface area (Å²) in [4.78, 5) is 9.80. The van der Waals surface area contributed by atoms with Crippen molar-refractivity contribution in [2.24, 2.45) is 11.5 Å². The molecule has 0 fully saturated rings. The number of nitrogens with two attached hydrogens (primary N) is 2. The number of carbonyl (C=O) groups excluding carboxylic acids is 1. The molecule has 4 heteroatoms. The summed E-state index contributed by atoms with van der Waals surface area (Å²) in [6.07, 6.45) is 0.280. The number of rotatable bonds is 3. The van der Waals surface area contributed by atoms with Crippen LogP contribution in [0.4, 0.5) is 0 Å². The first kappa shape index (κ1) is 7.39. The van der Waals surface area contributed by atoms with Crippen LogP contribution >= 0.6 is 0 Å². The zero-order chi connectivity index (χ0) is 6.57. The molecule has 0 bridgehead atoms. The van der Waals surface area contributed by atoms with E-state index in [0.717, 1.165) is 0 Å². The highest BCUT2D eigenvalue weighted by Crippen LogP contribution is 1.79. The van der Waals surface area contributed by atoms with E-state index in [1.807, 2.05) is 0 Å². The average molecular weight is 117 g/mol. The molecule has 0 unspecified atom stereocenters. The lowest BCUT2D eigenvalue weighted by atomic mass is 10.2. The van der Waals surface area contributed by atoms with Gasteiger partial charge in [-0.1, -0.05) is 0 Å². The van der Waals surface area contributed by atoms with Crippen molar-refractivity contribution in [2.45, 2.75) is 12.5 Å². The van der Waals surface area contributed by atoms with Gasteiger partial charge in [-0.15, -0.1) is 0 Å². The molecule has 4 nitrogen and oxygen atoms in total. The normalized spacial score (nSPS) is 13.2. The van der Waals surface area contributed by atoms with Crippen LogP contribution in [0.15, 0.2) is 0 Å². The molecule has 0 saturated carbocycles. The number of aliphatic carboxylic acids is 1. The molecule has 0 aliphatic rings. The third kappa shape index (κ3) is 2.54. The molecule has 0 aliphatic carbocycles. The van der Waals surface area contributed by atoms with Crippen LogP contribution in [-0.4, -0.2) is 18.6 Å². The van der Waals surface area contributed by atoms with Crippen LogP contribution in [0, 0.1) is 0 Å². The molecule has 0 radical (unpaired) electrons. The van der Waals surface area contributed by atoms with E-state index in [4.69, 9.17) is 11.5 Å². The summed E-state index contributed by atoms with van der Waals surface area (Å²) in [5, 5.41) is 9.80. The van der Waals surface area contributed by atoms with E-state index in [1.165, 1.54) is 0 Å². The van der Waals surface area contributed by atoms with E-state index in [2.05, 4.69) is 0 Å². The minimum atomic E-state index is -1.24. The molecule has 0 spiro atoms. The fourth-order valence-electron chi connectivity index (χ4n) is 0.297. The van der Waals surface area contributed by atoms with Crippen LogP contribution in [-0.2, 0) is 4.79 Å². The number of hydrogen-bond donors (Lipinski definition) is 2. The summed E-state index contributed by atoms with van der Waals surface area (Å²) in [5.41, 5.74) is 9.98. The minimum Gasteiger partial charge on any atom is -0.548 e. The lowest BCUT2D eigenvalue weighted by molar-refractivity contribution is -0.307. The Morgan fingerprint density at radius 2 is 2.25 bits per heavy atom. The summed E-state index contributed by atoms with van der Waals surface area (Å²) in [6.45, 7) is 0.287. The van der Waals surface area contributed by atoms with Crippen LogP contribution in [0.5, 0.6) is 0 Å². The Bertz CT molecular complexity index is 84.1. The van der Waals surface area contributed by atoms with Crippen LogP contribution in [0.25, 0.3) is 0 Å². The van der Waals surface area contributed by atoms with Gasteiger partial charge in [0.2, 0.25) is 0 Å². The summed E-state index contributed by atoms with van der Waals surface area (Å²) in [7, 11) is 0. The fraction of sp³-hybridized carbons (Fsp3) is 0.750. The van der Waals surface area contributed by atoms with E-state index in [9.17, 15) is 9.90 Å². The fourth-order valence-corrected chi connectivity index (χ4v) is 0.297. The topological polar surface area (TPSA) is 92.2 Å². The van der Waals surface area contributed by atoms with Crippen molar-refractivity contribution in [2.75, 3.05) is 6.54 Å². The Hall–Kier alpha value is -0.610. The minimum absolute atomic E-state index is 0.280. The van der Waals surface area contributed by atoms with Crippen molar-refractivity contribution < 1.29 is 9.90 Å². The van der Waals surface area contributed by atoms with Crippen molar-refractivity contribution in [3.8, 4) is 0 Å². The smallest absolute Gasteiger partial charge is 0.0582 e. The van der Waals surface area contributed by atoms with Gasteiger partial charge in [0, 0.05) is 6.04 Å². The Labute approximate surface area is 47.5 Å². The SMILES string of the molecule is NCC[C@H](N)C(=O)[O-]. The average Bonchev–Trinajstić information content (AvgIpc) is 1.67. The largest absolute Gasteiger partial charge is 0.548 e. The molecule has 0 aromatic carbocycles. The van der Waals surface area contributed by atoms with Gasteiger partial charge in [0.05, 0.1) is 5.97 Å². The zero-order valence-electron chi connectivity index (χ0n) is 4.46. The molecule has 0 heterocycles. The van der Waals surface area contributed by atoms with Crippen LogP contribution in [0.1, 0.15) is 6.42 Å². The Morgan fingerprint density at radius 3 is 2.38 bits per heavy atom. The molecule has 8 heavy (non-hydrogen) atoms. The standard InChI is InChI=1S/C4H10N2O2/c5-2-1-3(6)4(7)8/h3H,1-2,5-6H2,(H,7,8)/p-1/t3-/m0/s1. The molecule has 1 atom stereocenters. The molecule has 0 aromatic rings. The number of carboxylic acids is 1. The number of carbonyl (C=O) groups is 1. The highest BCUT2D eigenvalue weighted by Gasteiger charge is 1.98. The Morgan fingerprint density at radius 1 is 1.75 bits per heavy atom. The quantitative estimate of drug-likeness (QED) is 0.424. The zero-order valence-corrected chi connectivity index (χ0v) is 4.46. The number of carboxylic acid groups (broad SMARTS) is 1. The maximum absolute atomic E-state index is 9.80. The summed E-state index contributed by atoms with van der Waals surface area (Å²) < 4.78 is 0. The van der Waals surface area contributed by atoms with Gasteiger partial charge in [-0.3, -0.25) is 0 Å². The van der Waals surface area contributed by atoms with E-state index in [1.54, 1.807) is 0 Å². The predicted molar refractivity (Wildman–Crippen MR) is 26.7 cm³/mol. The second kappa shape index (κ2) is 3.40. The highest BCUT2D eigenvalue weighted by molar-refractivity contribution is 5.70. The molecular weight excluding hydrogens is 108 g/mol.